The summed E-state index contributed by atoms with van der Waals surface area (Å²) in [6.45, 7) is 6.61. The van der Waals surface area contributed by atoms with Crippen molar-refractivity contribution in [3.05, 3.63) is 46.5 Å². The van der Waals surface area contributed by atoms with Crippen molar-refractivity contribution in [2.45, 2.75) is 26.7 Å². The normalized spacial score (nSPS) is 12.5. The molecule has 6 heteroatoms. The predicted molar refractivity (Wildman–Crippen MR) is 87.1 cm³/mol. The highest BCUT2D eigenvalue weighted by molar-refractivity contribution is 6.34. The summed E-state index contributed by atoms with van der Waals surface area (Å²) in [6.07, 6.45) is 3.59. The first kappa shape index (κ1) is 16.5. The molecule has 2 rings (SSSR count). The van der Waals surface area contributed by atoms with Crippen molar-refractivity contribution in [3.8, 4) is 0 Å². The molecular formula is C16H21ClN4O. The van der Waals surface area contributed by atoms with Crippen LogP contribution in [0, 0.1) is 12.8 Å². The number of hydrogen-bond donors (Lipinski definition) is 1. The van der Waals surface area contributed by atoms with E-state index in [1.165, 1.54) is 0 Å². The van der Waals surface area contributed by atoms with Crippen LogP contribution in [0.15, 0.2) is 24.5 Å². The topological polar surface area (TPSA) is 59.8 Å². The largest absolute Gasteiger partial charge is 0.350 e. The van der Waals surface area contributed by atoms with Crippen LogP contribution in [0.5, 0.6) is 0 Å². The number of aromatic nitrogens is 3. The maximum absolute atomic E-state index is 12.3. The molecule has 0 saturated carbocycles. The van der Waals surface area contributed by atoms with Crippen molar-refractivity contribution in [2.75, 3.05) is 6.54 Å². The summed E-state index contributed by atoms with van der Waals surface area (Å²) in [5.41, 5.74) is 2.16. The summed E-state index contributed by atoms with van der Waals surface area (Å²) in [7, 11) is 1.77. The third-order valence-electron chi connectivity index (χ3n) is 3.88. The monoisotopic (exact) mass is 320 g/mol. The third-order valence-corrected chi connectivity index (χ3v) is 4.33. The van der Waals surface area contributed by atoms with Gasteiger partial charge in [0.2, 0.25) is 0 Å². The molecule has 1 amide bonds. The van der Waals surface area contributed by atoms with Gasteiger partial charge >= 0.3 is 0 Å². The summed E-state index contributed by atoms with van der Waals surface area (Å²) >= 11 is 6.15. The fourth-order valence-corrected chi connectivity index (χ4v) is 2.59. The van der Waals surface area contributed by atoms with Crippen LogP contribution in [-0.4, -0.2) is 27.2 Å². The molecule has 0 aliphatic rings. The number of carbonyl (C=O) groups is 1. The van der Waals surface area contributed by atoms with Crippen LogP contribution >= 0.6 is 11.6 Å². The number of pyridine rings is 1. The van der Waals surface area contributed by atoms with E-state index in [0.29, 0.717) is 17.5 Å². The average Bonchev–Trinajstić information content (AvgIpc) is 2.76. The zero-order valence-corrected chi connectivity index (χ0v) is 14.1. The van der Waals surface area contributed by atoms with Gasteiger partial charge < -0.3 is 5.32 Å². The average molecular weight is 321 g/mol. The van der Waals surface area contributed by atoms with Crippen molar-refractivity contribution in [1.82, 2.24) is 20.1 Å². The molecule has 118 valence electrons. The molecule has 2 heterocycles. The number of nitrogens with zero attached hydrogens (tertiary/aromatic N) is 3. The van der Waals surface area contributed by atoms with E-state index < -0.39 is 0 Å². The van der Waals surface area contributed by atoms with Gasteiger partial charge in [-0.2, -0.15) is 5.10 Å². The molecule has 0 bridgehead atoms. The molecule has 0 radical (unpaired) electrons. The SMILES string of the molecule is Cc1c(Cl)c(C(=O)NCC(c2cccnc2)C(C)C)nn1C. The van der Waals surface area contributed by atoms with Gasteiger partial charge in [0.1, 0.15) is 0 Å². The van der Waals surface area contributed by atoms with Crippen LogP contribution < -0.4 is 5.32 Å². The number of aryl methyl sites for hydroxylation is 1. The van der Waals surface area contributed by atoms with Gasteiger partial charge in [-0.25, -0.2) is 0 Å². The Morgan fingerprint density at radius 1 is 1.45 bits per heavy atom. The van der Waals surface area contributed by atoms with Crippen LogP contribution in [0.25, 0.3) is 0 Å². The lowest BCUT2D eigenvalue weighted by atomic mass is 9.89. The molecular weight excluding hydrogens is 300 g/mol. The maximum Gasteiger partial charge on any atom is 0.273 e. The molecule has 1 unspecified atom stereocenters. The van der Waals surface area contributed by atoms with E-state index >= 15 is 0 Å². The first-order valence-corrected chi connectivity index (χ1v) is 7.66. The summed E-state index contributed by atoms with van der Waals surface area (Å²) in [5, 5.41) is 7.50. The molecule has 0 saturated heterocycles. The van der Waals surface area contributed by atoms with Crippen molar-refractivity contribution in [2.24, 2.45) is 13.0 Å². The van der Waals surface area contributed by atoms with Crippen LogP contribution in [-0.2, 0) is 7.05 Å². The Labute approximate surface area is 135 Å². The molecule has 2 aromatic heterocycles. The maximum atomic E-state index is 12.3. The van der Waals surface area contributed by atoms with Crippen molar-refractivity contribution < 1.29 is 4.79 Å². The highest BCUT2D eigenvalue weighted by Crippen LogP contribution is 2.23. The van der Waals surface area contributed by atoms with Gasteiger partial charge in [0, 0.05) is 31.9 Å². The van der Waals surface area contributed by atoms with E-state index in [1.807, 2.05) is 25.3 Å². The van der Waals surface area contributed by atoms with Gasteiger partial charge in [-0.05, 0) is 24.5 Å². The molecule has 5 nitrogen and oxygen atoms in total. The Balaban J connectivity index is 2.10. The summed E-state index contributed by atoms with van der Waals surface area (Å²) < 4.78 is 1.61. The number of amides is 1. The lowest BCUT2D eigenvalue weighted by Gasteiger charge is -2.21. The first-order chi connectivity index (χ1) is 10.4. The van der Waals surface area contributed by atoms with E-state index in [9.17, 15) is 4.79 Å². The molecule has 0 aliphatic carbocycles. The Kier molecular flexibility index (Phi) is 5.19. The fraction of sp³-hybridized carbons (Fsp3) is 0.438. The van der Waals surface area contributed by atoms with Gasteiger partial charge in [-0.15, -0.1) is 0 Å². The molecule has 22 heavy (non-hydrogen) atoms. The second-order valence-corrected chi connectivity index (χ2v) is 6.10. The molecule has 0 aliphatic heterocycles. The van der Waals surface area contributed by atoms with Crippen LogP contribution in [0.2, 0.25) is 5.02 Å². The zero-order valence-electron chi connectivity index (χ0n) is 13.3. The van der Waals surface area contributed by atoms with Gasteiger partial charge in [-0.1, -0.05) is 31.5 Å². The standard InChI is InChI=1S/C16H21ClN4O/c1-10(2)13(12-6-5-7-18-8-12)9-19-16(22)15-14(17)11(3)21(4)20-15/h5-8,10,13H,9H2,1-4H3,(H,19,22). The summed E-state index contributed by atoms with van der Waals surface area (Å²) in [4.78, 5) is 16.5. The summed E-state index contributed by atoms with van der Waals surface area (Å²) in [5.74, 6) is 0.329. The minimum atomic E-state index is -0.247. The van der Waals surface area contributed by atoms with Crippen molar-refractivity contribution >= 4 is 17.5 Å². The van der Waals surface area contributed by atoms with Crippen LogP contribution in [0.4, 0.5) is 0 Å². The predicted octanol–water partition coefficient (Wildman–Crippen LogP) is 2.95. The second kappa shape index (κ2) is 6.92. The minimum absolute atomic E-state index is 0.196. The van der Waals surface area contributed by atoms with Gasteiger partial charge in [0.05, 0.1) is 10.7 Å². The Morgan fingerprint density at radius 3 is 2.68 bits per heavy atom. The number of halogens is 1. The molecule has 1 N–H and O–H groups in total. The fourth-order valence-electron chi connectivity index (χ4n) is 2.35. The zero-order chi connectivity index (χ0) is 16.3. The number of nitrogens with one attached hydrogen (secondary N) is 1. The third kappa shape index (κ3) is 3.47. The molecule has 0 spiro atoms. The van der Waals surface area contributed by atoms with E-state index in [-0.39, 0.29) is 17.5 Å². The highest BCUT2D eigenvalue weighted by Gasteiger charge is 2.21. The lowest BCUT2D eigenvalue weighted by Crippen LogP contribution is -2.31. The lowest BCUT2D eigenvalue weighted by molar-refractivity contribution is 0.0943. The Hall–Kier alpha value is -1.88. The van der Waals surface area contributed by atoms with E-state index in [0.717, 1.165) is 11.3 Å². The van der Waals surface area contributed by atoms with Crippen molar-refractivity contribution in [3.63, 3.8) is 0 Å². The number of rotatable bonds is 5. The highest BCUT2D eigenvalue weighted by atomic mass is 35.5. The van der Waals surface area contributed by atoms with Crippen LogP contribution in [0.3, 0.4) is 0 Å². The minimum Gasteiger partial charge on any atom is -0.350 e. The van der Waals surface area contributed by atoms with Crippen molar-refractivity contribution in [1.29, 1.82) is 0 Å². The molecule has 1 atom stereocenters. The molecule has 0 aromatic carbocycles. The summed E-state index contributed by atoms with van der Waals surface area (Å²) in [6, 6.07) is 3.94. The van der Waals surface area contributed by atoms with Gasteiger partial charge in [0.15, 0.2) is 5.69 Å². The second-order valence-electron chi connectivity index (χ2n) is 5.72. The number of hydrogen-bond acceptors (Lipinski definition) is 3. The Morgan fingerprint density at radius 2 is 2.18 bits per heavy atom. The van der Waals surface area contributed by atoms with E-state index in [4.69, 9.17) is 11.6 Å². The quantitative estimate of drug-likeness (QED) is 0.921. The molecule has 2 aromatic rings. The smallest absolute Gasteiger partial charge is 0.273 e. The van der Waals surface area contributed by atoms with E-state index in [1.54, 1.807) is 17.9 Å². The van der Waals surface area contributed by atoms with Gasteiger partial charge in [-0.3, -0.25) is 14.5 Å². The number of carbonyl (C=O) groups excluding carboxylic acids is 1. The Bertz CT molecular complexity index is 652. The van der Waals surface area contributed by atoms with E-state index in [2.05, 4.69) is 29.2 Å². The first-order valence-electron chi connectivity index (χ1n) is 7.29. The van der Waals surface area contributed by atoms with Crippen LogP contribution in [0.1, 0.15) is 41.5 Å². The molecule has 0 fully saturated rings. The van der Waals surface area contributed by atoms with Gasteiger partial charge in [0.25, 0.3) is 5.91 Å².